The number of methoxy groups -OCH3 is 1. The van der Waals surface area contributed by atoms with E-state index in [0.29, 0.717) is 16.5 Å². The number of anilines is 1. The van der Waals surface area contributed by atoms with Crippen molar-refractivity contribution in [2.45, 2.75) is 51.2 Å². The first-order valence-corrected chi connectivity index (χ1v) is 13.3. The molecule has 1 unspecified atom stereocenters. The van der Waals surface area contributed by atoms with Crippen molar-refractivity contribution in [2.75, 3.05) is 18.2 Å². The molecular weight excluding hydrogens is 464 g/mol. The Labute approximate surface area is 199 Å². The van der Waals surface area contributed by atoms with E-state index in [9.17, 15) is 9.59 Å². The van der Waals surface area contributed by atoms with Crippen LogP contribution in [0.25, 0.3) is 0 Å². The number of aromatic nitrogens is 3. The van der Waals surface area contributed by atoms with Crippen LogP contribution in [0.4, 0.5) is 5.00 Å². The normalized spacial score (nSPS) is 15.4. The minimum atomic E-state index is -0.385. The largest absolute Gasteiger partial charge is 0.465 e. The first-order chi connectivity index (χ1) is 15.5. The molecule has 32 heavy (non-hydrogen) atoms. The molecule has 0 spiro atoms. The molecule has 0 fully saturated rings. The minimum Gasteiger partial charge on any atom is -0.465 e. The van der Waals surface area contributed by atoms with Gasteiger partial charge in [-0.15, -0.1) is 32.9 Å². The maximum absolute atomic E-state index is 12.8. The molecule has 4 rings (SSSR count). The van der Waals surface area contributed by atoms with Gasteiger partial charge >= 0.3 is 5.97 Å². The smallest absolute Gasteiger partial charge is 0.341 e. The number of rotatable bonds is 8. The summed E-state index contributed by atoms with van der Waals surface area (Å²) in [5.41, 5.74) is 1.56. The number of ether oxygens (including phenoxy) is 1. The molecule has 0 aliphatic heterocycles. The van der Waals surface area contributed by atoms with Crippen molar-refractivity contribution in [3.05, 3.63) is 44.2 Å². The lowest BCUT2D eigenvalue weighted by atomic mass is 9.88. The van der Waals surface area contributed by atoms with Gasteiger partial charge in [0.1, 0.15) is 10.8 Å². The number of amides is 1. The van der Waals surface area contributed by atoms with Crippen molar-refractivity contribution in [1.29, 1.82) is 0 Å². The molecule has 0 aromatic carbocycles. The van der Waals surface area contributed by atoms with Gasteiger partial charge in [-0.05, 0) is 49.1 Å². The fraction of sp³-hybridized carbons (Fsp3) is 0.455. The maximum atomic E-state index is 12.8. The second kappa shape index (κ2) is 10.2. The van der Waals surface area contributed by atoms with Crippen LogP contribution in [-0.2, 0) is 35.3 Å². The van der Waals surface area contributed by atoms with E-state index in [1.54, 1.807) is 11.3 Å². The highest BCUT2D eigenvalue weighted by atomic mass is 32.2. The summed E-state index contributed by atoms with van der Waals surface area (Å²) in [6, 6.07) is 4.11. The first-order valence-electron chi connectivity index (χ1n) is 10.6. The molecule has 0 bridgehead atoms. The number of thioether (sulfide) groups is 1. The summed E-state index contributed by atoms with van der Waals surface area (Å²) in [6.07, 6.45) is 3.54. The molecule has 3 aromatic heterocycles. The Morgan fingerprint density at radius 1 is 1.38 bits per heavy atom. The molecule has 0 radical (unpaired) electrons. The maximum Gasteiger partial charge on any atom is 0.341 e. The zero-order valence-electron chi connectivity index (χ0n) is 18.3. The number of carbonyl (C=O) groups excluding carboxylic acids is 2. The molecule has 1 aliphatic carbocycles. The molecule has 3 aromatic rings. The van der Waals surface area contributed by atoms with Crippen LogP contribution < -0.4 is 5.32 Å². The van der Waals surface area contributed by atoms with E-state index in [1.807, 2.05) is 22.9 Å². The zero-order valence-corrected chi connectivity index (χ0v) is 20.8. The predicted octanol–water partition coefficient (Wildman–Crippen LogP) is 4.65. The fourth-order valence-electron chi connectivity index (χ4n) is 3.89. The van der Waals surface area contributed by atoms with Crippen LogP contribution in [0.5, 0.6) is 0 Å². The van der Waals surface area contributed by atoms with Gasteiger partial charge in [-0.2, -0.15) is 0 Å². The SMILES string of the molecule is CCn1c(Cc2cccs2)nnc1SCC(=O)Nc1sc2c(c1C(=O)OC)CCC(C)C2. The lowest BCUT2D eigenvalue weighted by molar-refractivity contribution is -0.113. The number of nitrogens with one attached hydrogen (secondary N) is 1. The third-order valence-corrected chi connectivity index (χ3v) is 8.52. The molecule has 3 heterocycles. The van der Waals surface area contributed by atoms with Gasteiger partial charge in [-0.1, -0.05) is 24.8 Å². The van der Waals surface area contributed by atoms with E-state index < -0.39 is 0 Å². The van der Waals surface area contributed by atoms with Gasteiger partial charge < -0.3 is 14.6 Å². The number of esters is 1. The Bertz CT molecular complexity index is 1100. The topological polar surface area (TPSA) is 86.1 Å². The minimum absolute atomic E-state index is 0.169. The zero-order chi connectivity index (χ0) is 22.7. The number of nitrogens with zero attached hydrogens (tertiary/aromatic N) is 3. The molecule has 1 amide bonds. The third-order valence-electron chi connectivity index (χ3n) is 5.51. The molecule has 10 heteroatoms. The molecule has 1 atom stereocenters. The highest BCUT2D eigenvalue weighted by molar-refractivity contribution is 7.99. The summed E-state index contributed by atoms with van der Waals surface area (Å²) in [7, 11) is 1.38. The third kappa shape index (κ3) is 4.92. The molecular formula is C22H26N4O3S3. The van der Waals surface area contributed by atoms with E-state index >= 15 is 0 Å². The van der Waals surface area contributed by atoms with Gasteiger partial charge in [-0.3, -0.25) is 4.79 Å². The van der Waals surface area contributed by atoms with Crippen LogP contribution in [0.3, 0.4) is 0 Å². The van der Waals surface area contributed by atoms with Crippen molar-refractivity contribution in [2.24, 2.45) is 5.92 Å². The predicted molar refractivity (Wildman–Crippen MR) is 129 cm³/mol. The Morgan fingerprint density at radius 3 is 2.94 bits per heavy atom. The standard InChI is InChI=1S/C22H26N4O3S3/c1-4-26-17(11-14-6-5-9-30-14)24-25-22(26)31-12-18(27)23-20-19(21(28)29-3)15-8-7-13(2)10-16(15)32-20/h5-6,9,13H,4,7-8,10-12H2,1-3H3,(H,23,27). The number of fused-ring (bicyclic) bond motifs is 1. The highest BCUT2D eigenvalue weighted by Crippen LogP contribution is 2.40. The van der Waals surface area contributed by atoms with E-state index in [4.69, 9.17) is 4.74 Å². The van der Waals surface area contributed by atoms with Gasteiger partial charge in [0.2, 0.25) is 5.91 Å². The molecule has 1 N–H and O–H groups in total. The molecule has 1 aliphatic rings. The number of hydrogen-bond donors (Lipinski definition) is 1. The van der Waals surface area contributed by atoms with Gasteiger partial charge in [0.25, 0.3) is 0 Å². The number of hydrogen-bond acceptors (Lipinski definition) is 8. The van der Waals surface area contributed by atoms with Gasteiger partial charge in [0.05, 0.1) is 18.4 Å². The van der Waals surface area contributed by atoms with Crippen LogP contribution in [0, 0.1) is 5.92 Å². The van der Waals surface area contributed by atoms with Crippen LogP contribution in [0.1, 0.15) is 51.8 Å². The average molecular weight is 491 g/mol. The fourth-order valence-corrected chi connectivity index (χ4v) is 6.83. The first kappa shape index (κ1) is 23.0. The Balaban J connectivity index is 1.45. The van der Waals surface area contributed by atoms with E-state index in [-0.39, 0.29) is 17.6 Å². The number of thiophene rings is 2. The summed E-state index contributed by atoms with van der Waals surface area (Å²) in [6.45, 7) is 5.00. The van der Waals surface area contributed by atoms with E-state index in [2.05, 4.69) is 28.5 Å². The highest BCUT2D eigenvalue weighted by Gasteiger charge is 2.29. The second-order valence-corrected chi connectivity index (χ2v) is 10.9. The van der Waals surface area contributed by atoms with E-state index in [0.717, 1.165) is 48.8 Å². The lowest BCUT2D eigenvalue weighted by Crippen LogP contribution is -2.17. The van der Waals surface area contributed by atoms with Crippen LogP contribution in [0.2, 0.25) is 0 Å². The summed E-state index contributed by atoms with van der Waals surface area (Å²) in [4.78, 5) is 27.6. The van der Waals surface area contributed by atoms with Crippen LogP contribution in [-0.4, -0.2) is 39.5 Å². The molecule has 0 saturated heterocycles. The summed E-state index contributed by atoms with van der Waals surface area (Å²) in [5, 5.41) is 14.9. The molecule has 0 saturated carbocycles. The van der Waals surface area contributed by atoms with Crippen molar-refractivity contribution in [1.82, 2.24) is 14.8 Å². The summed E-state index contributed by atoms with van der Waals surface area (Å²) < 4.78 is 7.05. The van der Waals surface area contributed by atoms with Gasteiger partial charge in [0, 0.05) is 22.7 Å². The van der Waals surface area contributed by atoms with Crippen LogP contribution in [0.15, 0.2) is 22.7 Å². The average Bonchev–Trinajstić information content (AvgIpc) is 3.50. The number of carbonyl (C=O) groups is 2. The van der Waals surface area contributed by atoms with Gasteiger partial charge in [-0.25, -0.2) is 4.79 Å². The Morgan fingerprint density at radius 2 is 2.22 bits per heavy atom. The van der Waals surface area contributed by atoms with Crippen molar-refractivity contribution in [3.8, 4) is 0 Å². The second-order valence-electron chi connectivity index (χ2n) is 7.78. The van der Waals surface area contributed by atoms with Crippen LogP contribution >= 0.6 is 34.4 Å². The Kier molecular flexibility index (Phi) is 7.32. The molecule has 7 nitrogen and oxygen atoms in total. The lowest BCUT2D eigenvalue weighted by Gasteiger charge is -2.18. The Hall–Kier alpha value is -2.17. The van der Waals surface area contributed by atoms with Crippen molar-refractivity contribution >= 4 is 51.3 Å². The molecule has 170 valence electrons. The summed E-state index contributed by atoms with van der Waals surface area (Å²) >= 11 is 4.55. The van der Waals surface area contributed by atoms with Crippen molar-refractivity contribution < 1.29 is 14.3 Å². The van der Waals surface area contributed by atoms with Crippen molar-refractivity contribution in [3.63, 3.8) is 0 Å². The van der Waals surface area contributed by atoms with E-state index in [1.165, 1.54) is 40.0 Å². The quantitative estimate of drug-likeness (QED) is 0.365. The summed E-state index contributed by atoms with van der Waals surface area (Å²) in [5.74, 6) is 1.11. The van der Waals surface area contributed by atoms with Gasteiger partial charge in [0.15, 0.2) is 5.16 Å². The monoisotopic (exact) mass is 490 g/mol.